The monoisotopic (exact) mass is 359 g/mol. The molecular weight excluding hydrogens is 349 g/mol. The lowest BCUT2D eigenvalue weighted by Gasteiger charge is -2.06. The Bertz CT molecular complexity index is 957. The van der Waals surface area contributed by atoms with Crippen molar-refractivity contribution in [3.8, 4) is 0 Å². The highest BCUT2D eigenvalue weighted by atomic mass is 19.1. The zero-order valence-electron chi connectivity index (χ0n) is 12.9. The minimum Gasteiger partial charge on any atom is -0.334 e. The molecule has 0 unspecified atom stereocenters. The standard InChI is InChI=1S/C15H10FN5O5/c16-8-1-3-9(4-2-8)17-15(22)13(21(25)26)14-18-11-6-5-10(20(23)24)7-12(11)19-14/h1-7,18-19H,(H,17,22). The number of hydrogen-bond acceptors (Lipinski definition) is 7. The van der Waals surface area contributed by atoms with Crippen LogP contribution in [0.1, 0.15) is 0 Å². The van der Waals surface area contributed by atoms with Gasteiger partial charge in [0.05, 0.1) is 21.2 Å². The van der Waals surface area contributed by atoms with Gasteiger partial charge in [-0.1, -0.05) is 0 Å². The van der Waals surface area contributed by atoms with Gasteiger partial charge in [-0.15, -0.1) is 0 Å². The fraction of sp³-hybridized carbons (Fsp3) is 0. The first-order chi connectivity index (χ1) is 12.3. The van der Waals surface area contributed by atoms with Crippen molar-refractivity contribution in [1.29, 1.82) is 0 Å². The summed E-state index contributed by atoms with van der Waals surface area (Å²) in [5.74, 6) is -1.80. The van der Waals surface area contributed by atoms with Crippen molar-refractivity contribution in [2.45, 2.75) is 0 Å². The number of non-ortho nitro benzene ring substituents is 1. The van der Waals surface area contributed by atoms with Crippen LogP contribution >= 0.6 is 0 Å². The van der Waals surface area contributed by atoms with Crippen molar-refractivity contribution < 1.29 is 19.0 Å². The predicted octanol–water partition coefficient (Wildman–Crippen LogP) is 2.66. The minimum atomic E-state index is -1.04. The maximum Gasteiger partial charge on any atom is 0.373 e. The van der Waals surface area contributed by atoms with Gasteiger partial charge >= 0.3 is 11.6 Å². The third kappa shape index (κ3) is 3.26. The van der Waals surface area contributed by atoms with E-state index in [4.69, 9.17) is 0 Å². The van der Waals surface area contributed by atoms with Gasteiger partial charge in [0.15, 0.2) is 5.82 Å². The molecule has 0 saturated carbocycles. The maximum atomic E-state index is 12.9. The number of carbonyl (C=O) groups excluding carboxylic acids is 1. The number of halogens is 1. The molecule has 26 heavy (non-hydrogen) atoms. The molecule has 0 atom stereocenters. The highest BCUT2D eigenvalue weighted by molar-refractivity contribution is 6.03. The largest absolute Gasteiger partial charge is 0.373 e. The summed E-state index contributed by atoms with van der Waals surface area (Å²) in [5.41, 5.74) is -0.295. The Morgan fingerprint density at radius 2 is 1.65 bits per heavy atom. The summed E-state index contributed by atoms with van der Waals surface area (Å²) >= 11 is 0. The van der Waals surface area contributed by atoms with Crippen LogP contribution in [0.3, 0.4) is 0 Å². The Balaban J connectivity index is 1.89. The summed E-state index contributed by atoms with van der Waals surface area (Å²) < 4.78 is 12.9. The lowest BCUT2D eigenvalue weighted by molar-refractivity contribution is -0.419. The van der Waals surface area contributed by atoms with Gasteiger partial charge in [0.25, 0.3) is 5.69 Å². The lowest BCUT2D eigenvalue weighted by Crippen LogP contribution is -2.24. The molecule has 11 heteroatoms. The Kier molecular flexibility index (Phi) is 4.19. The summed E-state index contributed by atoms with van der Waals surface area (Å²) in [6, 6.07) is 8.46. The number of nitrogens with one attached hydrogen (secondary N) is 3. The third-order valence-electron chi connectivity index (χ3n) is 3.47. The van der Waals surface area contributed by atoms with Crippen molar-refractivity contribution in [3.05, 3.63) is 80.0 Å². The molecule has 3 N–H and O–H groups in total. The molecule has 1 aliphatic heterocycles. The van der Waals surface area contributed by atoms with Crippen molar-refractivity contribution in [3.63, 3.8) is 0 Å². The predicted molar refractivity (Wildman–Crippen MR) is 89.4 cm³/mol. The normalized spacial score (nSPS) is 13.9. The van der Waals surface area contributed by atoms with E-state index < -0.39 is 27.3 Å². The highest BCUT2D eigenvalue weighted by Gasteiger charge is 2.32. The van der Waals surface area contributed by atoms with E-state index in [0.29, 0.717) is 5.69 Å². The number of nitro groups is 2. The van der Waals surface area contributed by atoms with Gasteiger partial charge in [0.2, 0.25) is 0 Å². The van der Waals surface area contributed by atoms with Crippen LogP contribution in [0.2, 0.25) is 0 Å². The van der Waals surface area contributed by atoms with Crippen LogP contribution in [-0.4, -0.2) is 15.8 Å². The molecule has 0 aromatic heterocycles. The van der Waals surface area contributed by atoms with E-state index in [0.717, 1.165) is 12.1 Å². The number of hydrogen-bond donors (Lipinski definition) is 3. The molecule has 3 rings (SSSR count). The van der Waals surface area contributed by atoms with E-state index in [1.54, 1.807) is 0 Å². The summed E-state index contributed by atoms with van der Waals surface area (Å²) in [4.78, 5) is 32.9. The molecule has 1 heterocycles. The second-order valence-electron chi connectivity index (χ2n) is 5.18. The molecule has 132 valence electrons. The van der Waals surface area contributed by atoms with E-state index in [1.807, 2.05) is 0 Å². The molecule has 0 bridgehead atoms. The van der Waals surface area contributed by atoms with Crippen LogP contribution in [-0.2, 0) is 4.79 Å². The SMILES string of the molecule is O=C(Nc1ccc(F)cc1)C(=C1Nc2ccc([N+](=O)[O-])cc2N1)[N+](=O)[O-]. The average Bonchev–Trinajstić information content (AvgIpc) is 2.98. The number of carbonyl (C=O) groups is 1. The molecule has 0 aliphatic carbocycles. The number of nitrogens with zero attached hydrogens (tertiary/aromatic N) is 2. The number of nitro benzene ring substituents is 1. The first-order valence-corrected chi connectivity index (χ1v) is 7.13. The van der Waals surface area contributed by atoms with Crippen molar-refractivity contribution in [2.24, 2.45) is 0 Å². The van der Waals surface area contributed by atoms with Crippen molar-refractivity contribution in [2.75, 3.05) is 16.0 Å². The zero-order chi connectivity index (χ0) is 18.8. The van der Waals surface area contributed by atoms with E-state index >= 15 is 0 Å². The van der Waals surface area contributed by atoms with Crippen molar-refractivity contribution in [1.82, 2.24) is 0 Å². The van der Waals surface area contributed by atoms with Crippen LogP contribution in [0.5, 0.6) is 0 Å². The second-order valence-corrected chi connectivity index (χ2v) is 5.18. The summed E-state index contributed by atoms with van der Waals surface area (Å²) in [5, 5.41) is 29.7. The number of amides is 1. The van der Waals surface area contributed by atoms with Gasteiger partial charge in [-0.2, -0.15) is 0 Å². The van der Waals surface area contributed by atoms with Gasteiger partial charge in [0.1, 0.15) is 5.82 Å². The summed E-state index contributed by atoms with van der Waals surface area (Å²) in [6.07, 6.45) is 0. The van der Waals surface area contributed by atoms with E-state index in [9.17, 15) is 29.4 Å². The second kappa shape index (κ2) is 6.47. The fourth-order valence-corrected chi connectivity index (χ4v) is 2.29. The quantitative estimate of drug-likeness (QED) is 0.433. The Morgan fingerprint density at radius 1 is 1.00 bits per heavy atom. The average molecular weight is 359 g/mol. The molecular formula is C15H10FN5O5. The molecule has 0 spiro atoms. The maximum absolute atomic E-state index is 12.9. The number of fused-ring (bicyclic) bond motifs is 1. The molecule has 0 radical (unpaired) electrons. The van der Waals surface area contributed by atoms with Gasteiger partial charge in [0, 0.05) is 17.8 Å². The Morgan fingerprint density at radius 3 is 2.27 bits per heavy atom. The van der Waals surface area contributed by atoms with Crippen LogP contribution in [0.15, 0.2) is 54.0 Å². The Hall–Kier alpha value is -4.02. The number of rotatable bonds is 4. The van der Waals surface area contributed by atoms with Gasteiger partial charge < -0.3 is 16.0 Å². The van der Waals surface area contributed by atoms with Crippen LogP contribution in [0.4, 0.5) is 27.1 Å². The smallest absolute Gasteiger partial charge is 0.334 e. The van der Waals surface area contributed by atoms with Gasteiger partial charge in [-0.3, -0.25) is 25.0 Å². The minimum absolute atomic E-state index is 0.169. The van der Waals surface area contributed by atoms with Gasteiger partial charge in [-0.05, 0) is 30.3 Å². The lowest BCUT2D eigenvalue weighted by atomic mass is 10.2. The molecule has 0 fully saturated rings. The van der Waals surface area contributed by atoms with Gasteiger partial charge in [-0.25, -0.2) is 4.39 Å². The van der Waals surface area contributed by atoms with Crippen LogP contribution < -0.4 is 16.0 Å². The fourth-order valence-electron chi connectivity index (χ4n) is 2.29. The molecule has 0 saturated heterocycles. The van der Waals surface area contributed by atoms with Crippen LogP contribution in [0.25, 0.3) is 0 Å². The van der Waals surface area contributed by atoms with E-state index in [2.05, 4.69) is 16.0 Å². The van der Waals surface area contributed by atoms with E-state index in [-0.39, 0.29) is 22.9 Å². The number of anilines is 3. The first kappa shape index (κ1) is 16.8. The molecule has 2 aromatic rings. The third-order valence-corrected chi connectivity index (χ3v) is 3.47. The first-order valence-electron chi connectivity index (χ1n) is 7.13. The van der Waals surface area contributed by atoms with Crippen molar-refractivity contribution >= 4 is 28.7 Å². The molecule has 1 amide bonds. The molecule has 10 nitrogen and oxygen atoms in total. The summed E-state index contributed by atoms with van der Waals surface area (Å²) in [7, 11) is 0. The number of benzene rings is 2. The highest BCUT2D eigenvalue weighted by Crippen LogP contribution is 2.34. The zero-order valence-corrected chi connectivity index (χ0v) is 12.9. The molecule has 1 aliphatic rings. The molecule has 2 aromatic carbocycles. The topological polar surface area (TPSA) is 139 Å². The summed E-state index contributed by atoms with van der Waals surface area (Å²) in [6.45, 7) is 0. The Labute approximate surface area is 144 Å². The van der Waals surface area contributed by atoms with Crippen LogP contribution in [0, 0.1) is 26.0 Å². The van der Waals surface area contributed by atoms with E-state index in [1.165, 1.54) is 30.3 Å².